The number of anilines is 1. The van der Waals surface area contributed by atoms with E-state index in [4.69, 9.17) is 23.2 Å². The molecule has 5 heteroatoms. The van der Waals surface area contributed by atoms with E-state index < -0.39 is 6.10 Å². The third-order valence-corrected chi connectivity index (χ3v) is 4.45. The Bertz CT molecular complexity index is 715. The molecule has 2 aromatic rings. The molecule has 1 atom stereocenters. The number of benzene rings is 2. The van der Waals surface area contributed by atoms with Gasteiger partial charge in [-0.2, -0.15) is 0 Å². The topological polar surface area (TPSA) is 49.3 Å². The van der Waals surface area contributed by atoms with Crippen molar-refractivity contribution < 1.29 is 9.90 Å². The van der Waals surface area contributed by atoms with Crippen LogP contribution in [0, 0.1) is 0 Å². The molecule has 3 rings (SSSR count). The van der Waals surface area contributed by atoms with Crippen LogP contribution in [-0.2, 0) is 11.2 Å². The summed E-state index contributed by atoms with van der Waals surface area (Å²) in [5.74, 6) is 0.0219. The van der Waals surface area contributed by atoms with Gasteiger partial charge in [0.1, 0.15) is 6.10 Å². The molecule has 0 fully saturated rings. The second kappa shape index (κ2) is 5.68. The van der Waals surface area contributed by atoms with Crippen molar-refractivity contribution in [1.82, 2.24) is 0 Å². The first-order valence-corrected chi connectivity index (χ1v) is 7.36. The van der Waals surface area contributed by atoms with Crippen LogP contribution in [0.5, 0.6) is 0 Å². The van der Waals surface area contributed by atoms with E-state index >= 15 is 0 Å². The van der Waals surface area contributed by atoms with E-state index in [-0.39, 0.29) is 5.91 Å². The standard InChI is InChI=1S/C16H13Cl2NO2/c17-12-3-1-2-11(15(12)18)16(21)10-4-6-13-9(8-10)5-7-14(20)19-13/h1-4,6,8,16,21H,5,7H2,(H,19,20). The Morgan fingerprint density at radius 2 is 1.95 bits per heavy atom. The maximum Gasteiger partial charge on any atom is 0.224 e. The number of fused-ring (bicyclic) bond motifs is 1. The van der Waals surface area contributed by atoms with Crippen molar-refractivity contribution in [1.29, 1.82) is 0 Å². The van der Waals surface area contributed by atoms with Crippen LogP contribution in [0.1, 0.15) is 29.2 Å². The zero-order valence-electron chi connectivity index (χ0n) is 11.1. The predicted molar refractivity (Wildman–Crippen MR) is 83.9 cm³/mol. The number of carbonyl (C=O) groups excluding carboxylic acids is 1. The molecule has 1 aliphatic heterocycles. The molecule has 0 aliphatic carbocycles. The Kier molecular flexibility index (Phi) is 3.89. The first kappa shape index (κ1) is 14.4. The summed E-state index contributed by atoms with van der Waals surface area (Å²) < 4.78 is 0. The fourth-order valence-corrected chi connectivity index (χ4v) is 2.90. The van der Waals surface area contributed by atoms with Gasteiger partial charge < -0.3 is 10.4 Å². The first-order chi connectivity index (χ1) is 10.1. The number of amides is 1. The highest BCUT2D eigenvalue weighted by molar-refractivity contribution is 6.42. The molecule has 0 bridgehead atoms. The van der Waals surface area contributed by atoms with Crippen LogP contribution in [0.3, 0.4) is 0 Å². The normalized spacial score (nSPS) is 15.3. The van der Waals surface area contributed by atoms with Gasteiger partial charge in [-0.15, -0.1) is 0 Å². The Hall–Kier alpha value is -1.55. The van der Waals surface area contributed by atoms with Crippen molar-refractivity contribution in [2.24, 2.45) is 0 Å². The number of aliphatic hydroxyl groups is 1. The van der Waals surface area contributed by atoms with Gasteiger partial charge in [0.05, 0.1) is 10.0 Å². The average molecular weight is 322 g/mol. The Morgan fingerprint density at radius 1 is 1.14 bits per heavy atom. The summed E-state index contributed by atoms with van der Waals surface area (Å²) in [6.07, 6.45) is 0.286. The van der Waals surface area contributed by atoms with Crippen molar-refractivity contribution >= 4 is 34.8 Å². The molecule has 0 spiro atoms. The zero-order valence-corrected chi connectivity index (χ0v) is 12.6. The molecule has 1 amide bonds. The highest BCUT2D eigenvalue weighted by atomic mass is 35.5. The van der Waals surface area contributed by atoms with E-state index in [1.165, 1.54) is 0 Å². The Labute approximate surface area is 132 Å². The minimum atomic E-state index is -0.848. The van der Waals surface area contributed by atoms with E-state index in [1.54, 1.807) is 24.3 Å². The van der Waals surface area contributed by atoms with Crippen LogP contribution in [0.25, 0.3) is 0 Å². The van der Waals surface area contributed by atoms with Crippen molar-refractivity contribution in [3.8, 4) is 0 Å². The fraction of sp³-hybridized carbons (Fsp3) is 0.188. The van der Waals surface area contributed by atoms with Gasteiger partial charge in [0.2, 0.25) is 5.91 Å². The van der Waals surface area contributed by atoms with Gasteiger partial charge in [0.25, 0.3) is 0 Å². The predicted octanol–water partition coefficient (Wildman–Crippen LogP) is 3.96. The van der Waals surface area contributed by atoms with E-state index in [0.29, 0.717) is 28.5 Å². The lowest BCUT2D eigenvalue weighted by Crippen LogP contribution is -2.19. The van der Waals surface area contributed by atoms with Crippen LogP contribution in [-0.4, -0.2) is 11.0 Å². The Morgan fingerprint density at radius 3 is 2.76 bits per heavy atom. The highest BCUT2D eigenvalue weighted by Crippen LogP contribution is 2.34. The molecule has 21 heavy (non-hydrogen) atoms. The minimum absolute atomic E-state index is 0.0219. The average Bonchev–Trinajstić information content (AvgIpc) is 2.49. The Balaban J connectivity index is 1.97. The van der Waals surface area contributed by atoms with Gasteiger partial charge in [-0.05, 0) is 29.7 Å². The maximum atomic E-state index is 11.4. The SMILES string of the molecule is O=C1CCc2cc(C(O)c3cccc(Cl)c3Cl)ccc2N1. The lowest BCUT2D eigenvalue weighted by Gasteiger charge is -2.20. The molecule has 2 N–H and O–H groups in total. The number of hydrogen-bond donors (Lipinski definition) is 2. The summed E-state index contributed by atoms with van der Waals surface area (Å²) in [5.41, 5.74) is 3.13. The molecule has 0 saturated carbocycles. The maximum absolute atomic E-state index is 11.4. The molecular weight excluding hydrogens is 309 g/mol. The highest BCUT2D eigenvalue weighted by Gasteiger charge is 2.19. The molecule has 1 aliphatic rings. The van der Waals surface area contributed by atoms with Gasteiger partial charge in [0.15, 0.2) is 0 Å². The molecule has 1 heterocycles. The second-order valence-electron chi connectivity index (χ2n) is 5.01. The summed E-state index contributed by atoms with van der Waals surface area (Å²) in [7, 11) is 0. The van der Waals surface area contributed by atoms with Gasteiger partial charge in [0, 0.05) is 17.7 Å². The number of halogens is 2. The molecule has 108 valence electrons. The molecule has 3 nitrogen and oxygen atoms in total. The number of aliphatic hydroxyl groups excluding tert-OH is 1. The lowest BCUT2D eigenvalue weighted by molar-refractivity contribution is -0.116. The lowest BCUT2D eigenvalue weighted by atomic mass is 9.95. The molecule has 2 aromatic carbocycles. The number of carbonyl (C=O) groups is 1. The van der Waals surface area contributed by atoms with Crippen molar-refractivity contribution in [2.45, 2.75) is 18.9 Å². The van der Waals surface area contributed by atoms with Gasteiger partial charge in [-0.25, -0.2) is 0 Å². The van der Waals surface area contributed by atoms with Gasteiger partial charge in [-0.1, -0.05) is 47.5 Å². The van der Waals surface area contributed by atoms with Crippen LogP contribution in [0.4, 0.5) is 5.69 Å². The van der Waals surface area contributed by atoms with Crippen LogP contribution in [0.15, 0.2) is 36.4 Å². The van der Waals surface area contributed by atoms with Gasteiger partial charge in [-0.3, -0.25) is 4.79 Å². The summed E-state index contributed by atoms with van der Waals surface area (Å²) in [6.45, 7) is 0. The molecular formula is C16H13Cl2NO2. The minimum Gasteiger partial charge on any atom is -0.384 e. The number of hydrogen-bond acceptors (Lipinski definition) is 2. The summed E-state index contributed by atoms with van der Waals surface area (Å²) in [5, 5.41) is 14.1. The van der Waals surface area contributed by atoms with E-state index in [1.807, 2.05) is 12.1 Å². The smallest absolute Gasteiger partial charge is 0.224 e. The van der Waals surface area contributed by atoms with Crippen molar-refractivity contribution in [2.75, 3.05) is 5.32 Å². The summed E-state index contributed by atoms with van der Waals surface area (Å²) in [6, 6.07) is 10.7. The quantitative estimate of drug-likeness (QED) is 0.879. The molecule has 1 unspecified atom stereocenters. The largest absolute Gasteiger partial charge is 0.384 e. The number of nitrogens with one attached hydrogen (secondary N) is 1. The van der Waals surface area contributed by atoms with Crippen molar-refractivity contribution in [3.05, 3.63) is 63.1 Å². The first-order valence-electron chi connectivity index (χ1n) is 6.61. The number of rotatable bonds is 2. The van der Waals surface area contributed by atoms with E-state index in [2.05, 4.69) is 5.32 Å². The monoisotopic (exact) mass is 321 g/mol. The molecule has 0 saturated heterocycles. The van der Waals surface area contributed by atoms with Crippen LogP contribution < -0.4 is 5.32 Å². The van der Waals surface area contributed by atoms with E-state index in [0.717, 1.165) is 16.8 Å². The molecule has 0 aromatic heterocycles. The number of aryl methyl sites for hydroxylation is 1. The van der Waals surface area contributed by atoms with Crippen molar-refractivity contribution in [3.63, 3.8) is 0 Å². The zero-order chi connectivity index (χ0) is 15.0. The third-order valence-electron chi connectivity index (χ3n) is 3.62. The van der Waals surface area contributed by atoms with Crippen LogP contribution in [0.2, 0.25) is 10.0 Å². The second-order valence-corrected chi connectivity index (χ2v) is 5.80. The third kappa shape index (κ3) is 2.77. The summed E-state index contributed by atoms with van der Waals surface area (Å²) in [4.78, 5) is 11.4. The van der Waals surface area contributed by atoms with Gasteiger partial charge >= 0.3 is 0 Å². The van der Waals surface area contributed by atoms with E-state index in [9.17, 15) is 9.90 Å². The molecule has 0 radical (unpaired) electrons. The van der Waals surface area contributed by atoms with Crippen LogP contribution >= 0.6 is 23.2 Å². The summed E-state index contributed by atoms with van der Waals surface area (Å²) >= 11 is 12.1. The fourth-order valence-electron chi connectivity index (χ4n) is 2.48.